The zero-order valence-electron chi connectivity index (χ0n) is 22.1. The Morgan fingerprint density at radius 2 is 1.82 bits per heavy atom. The van der Waals surface area contributed by atoms with Crippen LogP contribution in [0.25, 0.3) is 11.4 Å². The molecule has 1 N–H and O–H groups in total. The van der Waals surface area contributed by atoms with Crippen molar-refractivity contribution in [2.24, 2.45) is 18.1 Å². The largest absolute Gasteiger partial charge is 0.483 e. The topological polar surface area (TPSA) is 105 Å². The van der Waals surface area contributed by atoms with Gasteiger partial charge in [0, 0.05) is 38.4 Å². The van der Waals surface area contributed by atoms with E-state index in [1.54, 1.807) is 7.05 Å². The van der Waals surface area contributed by atoms with Gasteiger partial charge in [0.2, 0.25) is 0 Å². The molecule has 13 heteroatoms. The number of nitrogens with zero attached hydrogens (tertiary/aromatic N) is 6. The van der Waals surface area contributed by atoms with Gasteiger partial charge in [-0.05, 0) is 23.6 Å². The van der Waals surface area contributed by atoms with Crippen molar-refractivity contribution >= 4 is 18.2 Å². The number of carbonyl (C=O) groups is 2. The van der Waals surface area contributed by atoms with Gasteiger partial charge in [-0.15, -0.1) is 0 Å². The molecule has 5 rings (SSSR count). The third kappa shape index (κ3) is 5.49. The summed E-state index contributed by atoms with van der Waals surface area (Å²) in [7, 11) is 1.65. The van der Waals surface area contributed by atoms with E-state index in [1.165, 1.54) is 45.2 Å². The minimum absolute atomic E-state index is 0.0795. The lowest BCUT2D eigenvalue weighted by molar-refractivity contribution is 0.0256. The fourth-order valence-corrected chi connectivity index (χ4v) is 4.58. The molecule has 2 aromatic heterocycles. The molecule has 1 unspecified atom stereocenters. The summed E-state index contributed by atoms with van der Waals surface area (Å²) in [6.07, 6.45) is 3.77. The molecule has 2 aliphatic rings. The number of hydrogen-bond donors (Lipinski definition) is 1. The van der Waals surface area contributed by atoms with Crippen molar-refractivity contribution in [1.82, 2.24) is 30.0 Å². The highest BCUT2D eigenvalue weighted by atomic mass is 19.1. The quantitative estimate of drug-likeness (QED) is 0.476. The van der Waals surface area contributed by atoms with Crippen LogP contribution < -0.4 is 10.1 Å². The molecular formula is C27H28F3N7O3. The minimum Gasteiger partial charge on any atom is -0.483 e. The summed E-state index contributed by atoms with van der Waals surface area (Å²) in [5.74, 6) is -2.31. The van der Waals surface area contributed by atoms with Gasteiger partial charge in [-0.2, -0.15) is 10.2 Å². The van der Waals surface area contributed by atoms with Crippen LogP contribution in [0.15, 0.2) is 41.8 Å². The predicted octanol–water partition coefficient (Wildman–Crippen LogP) is 3.90. The number of hydrazone groups is 1. The smallest absolute Gasteiger partial charge is 0.341 e. The number of urea groups is 1. The number of likely N-dealkylation sites (tertiary alicyclic amines) is 1. The molecule has 1 aromatic carbocycles. The lowest BCUT2D eigenvalue weighted by Gasteiger charge is -2.41. The average molecular weight is 556 g/mol. The second kappa shape index (κ2) is 11.0. The van der Waals surface area contributed by atoms with Crippen LogP contribution in [0.3, 0.4) is 0 Å². The maximum Gasteiger partial charge on any atom is 0.341 e. The summed E-state index contributed by atoms with van der Waals surface area (Å²) in [5, 5.41) is 12.3. The molecule has 210 valence electrons. The van der Waals surface area contributed by atoms with Crippen molar-refractivity contribution in [3.63, 3.8) is 0 Å². The van der Waals surface area contributed by atoms with Crippen LogP contribution in [0, 0.1) is 23.4 Å². The lowest BCUT2D eigenvalue weighted by atomic mass is 10.0. The van der Waals surface area contributed by atoms with Crippen LogP contribution in [0.2, 0.25) is 0 Å². The van der Waals surface area contributed by atoms with Gasteiger partial charge >= 0.3 is 6.03 Å². The van der Waals surface area contributed by atoms with E-state index in [0.717, 1.165) is 12.3 Å². The minimum atomic E-state index is -0.736. The average Bonchev–Trinajstić information content (AvgIpc) is 3.52. The maximum absolute atomic E-state index is 14.6. The molecule has 1 saturated heterocycles. The number of nitrogens with one attached hydrogen (secondary N) is 1. The number of aryl methyl sites for hydroxylation is 1. The van der Waals surface area contributed by atoms with Gasteiger partial charge in [0.25, 0.3) is 5.91 Å². The second-order valence-corrected chi connectivity index (χ2v) is 10.2. The summed E-state index contributed by atoms with van der Waals surface area (Å²) < 4.78 is 49.4. The van der Waals surface area contributed by atoms with E-state index in [9.17, 15) is 22.8 Å². The molecule has 0 spiro atoms. The Kier molecular flexibility index (Phi) is 7.46. The SMILES string of the molecule is CC(C)CNC(=O)c1cnn(C)c1-c1cc(OC2CN(C(=O)N3N=CCC3c3cc(F)cc(F)c3)C2)c(F)cn1. The van der Waals surface area contributed by atoms with E-state index in [1.807, 2.05) is 13.8 Å². The van der Waals surface area contributed by atoms with Gasteiger partial charge in [0.1, 0.15) is 17.7 Å². The fourth-order valence-electron chi connectivity index (χ4n) is 4.58. The first-order valence-corrected chi connectivity index (χ1v) is 12.8. The summed E-state index contributed by atoms with van der Waals surface area (Å²) in [6.45, 7) is 4.75. The number of rotatable bonds is 7. The van der Waals surface area contributed by atoms with E-state index < -0.39 is 35.6 Å². The van der Waals surface area contributed by atoms with Crippen molar-refractivity contribution in [3.8, 4) is 17.1 Å². The van der Waals surface area contributed by atoms with E-state index in [4.69, 9.17) is 4.74 Å². The second-order valence-electron chi connectivity index (χ2n) is 10.2. The Hall–Kier alpha value is -4.42. The Balaban J connectivity index is 1.25. The molecule has 0 saturated carbocycles. The first kappa shape index (κ1) is 27.2. The Morgan fingerprint density at radius 1 is 1.10 bits per heavy atom. The summed E-state index contributed by atoms with van der Waals surface area (Å²) in [4.78, 5) is 31.4. The molecule has 1 atom stereocenters. The van der Waals surface area contributed by atoms with Crippen LogP contribution in [0.1, 0.15) is 42.2 Å². The molecule has 2 aliphatic heterocycles. The number of aromatic nitrogens is 3. The third-order valence-electron chi connectivity index (χ3n) is 6.62. The molecule has 0 radical (unpaired) electrons. The molecular weight excluding hydrogens is 527 g/mol. The van der Waals surface area contributed by atoms with E-state index in [-0.39, 0.29) is 30.7 Å². The molecule has 3 aromatic rings. The number of ether oxygens (including phenoxy) is 1. The van der Waals surface area contributed by atoms with Gasteiger partial charge in [-0.3, -0.25) is 14.5 Å². The highest BCUT2D eigenvalue weighted by Crippen LogP contribution is 2.32. The highest BCUT2D eigenvalue weighted by Gasteiger charge is 2.39. The monoisotopic (exact) mass is 555 g/mol. The maximum atomic E-state index is 14.6. The first-order valence-electron chi connectivity index (χ1n) is 12.8. The number of carbonyl (C=O) groups excluding carboxylic acids is 2. The zero-order valence-corrected chi connectivity index (χ0v) is 22.1. The Labute approximate surface area is 228 Å². The van der Waals surface area contributed by atoms with Gasteiger partial charge in [-0.1, -0.05) is 13.8 Å². The van der Waals surface area contributed by atoms with Crippen molar-refractivity contribution < 1.29 is 27.5 Å². The van der Waals surface area contributed by atoms with Crippen LogP contribution >= 0.6 is 0 Å². The number of halogens is 3. The first-order chi connectivity index (χ1) is 19.1. The molecule has 3 amide bonds. The molecule has 0 bridgehead atoms. The molecule has 1 fully saturated rings. The van der Waals surface area contributed by atoms with Gasteiger partial charge in [0.05, 0.1) is 48.5 Å². The molecule has 0 aliphatic carbocycles. The molecule has 10 nitrogen and oxygen atoms in total. The van der Waals surface area contributed by atoms with Crippen LogP contribution in [-0.4, -0.2) is 68.6 Å². The number of benzene rings is 1. The van der Waals surface area contributed by atoms with Gasteiger partial charge in [0.15, 0.2) is 11.6 Å². The number of pyridine rings is 1. The summed E-state index contributed by atoms with van der Waals surface area (Å²) in [6, 6.07) is 3.43. The standard InChI is InChI=1S/C27H28F3N7O3/c1-15(2)10-32-26(38)20-11-34-35(3)25(20)22-9-24(21(30)12-31-22)40-19-13-36(14-19)27(39)37-23(4-5-33-37)16-6-17(28)8-18(29)7-16/h5-9,11-12,15,19,23H,4,10,13-14H2,1-3H3,(H,32,38). The predicted molar refractivity (Wildman–Crippen MR) is 139 cm³/mol. The summed E-state index contributed by atoms with van der Waals surface area (Å²) >= 11 is 0. The lowest BCUT2D eigenvalue weighted by Crippen LogP contribution is -2.58. The fraction of sp³-hybridized carbons (Fsp3) is 0.370. The molecule has 4 heterocycles. The van der Waals surface area contributed by atoms with E-state index >= 15 is 0 Å². The van der Waals surface area contributed by atoms with Crippen molar-refractivity contribution in [2.75, 3.05) is 19.6 Å². The van der Waals surface area contributed by atoms with Crippen LogP contribution in [0.5, 0.6) is 5.75 Å². The number of amides is 3. The summed E-state index contributed by atoms with van der Waals surface area (Å²) in [5.41, 5.74) is 1.31. The Bertz CT molecular complexity index is 1450. The van der Waals surface area contributed by atoms with Gasteiger partial charge in [-0.25, -0.2) is 23.0 Å². The van der Waals surface area contributed by atoms with Crippen LogP contribution in [0.4, 0.5) is 18.0 Å². The van der Waals surface area contributed by atoms with Crippen molar-refractivity contribution in [2.45, 2.75) is 32.4 Å². The normalized spacial score (nSPS) is 16.9. The highest BCUT2D eigenvalue weighted by molar-refractivity contribution is 5.99. The van der Waals surface area contributed by atoms with E-state index in [2.05, 4.69) is 20.5 Å². The molecule has 40 heavy (non-hydrogen) atoms. The Morgan fingerprint density at radius 3 is 2.52 bits per heavy atom. The van der Waals surface area contributed by atoms with Crippen molar-refractivity contribution in [3.05, 3.63) is 65.2 Å². The van der Waals surface area contributed by atoms with Gasteiger partial charge < -0.3 is 15.0 Å². The van der Waals surface area contributed by atoms with Crippen molar-refractivity contribution in [1.29, 1.82) is 0 Å². The third-order valence-corrected chi connectivity index (χ3v) is 6.62. The van der Waals surface area contributed by atoms with E-state index in [0.29, 0.717) is 35.5 Å². The van der Waals surface area contributed by atoms with Crippen LogP contribution in [-0.2, 0) is 7.05 Å². The number of hydrogen-bond acceptors (Lipinski definition) is 6. The zero-order chi connectivity index (χ0) is 28.6.